The van der Waals surface area contributed by atoms with Crippen LogP contribution in [-0.2, 0) is 16.0 Å². The standard InChI is InChI=1S/C26H26N2O5/c1-31-23-11-5-6-12-24(23)32-17-25(29)27-20-13-14-22-21(16-20)28(26(30)18-33-22)15-7-10-19-8-3-2-4-9-19/h2-6,8-9,11-14,16H,7,10,15,17-18H2,1H3,(H,27,29). The molecule has 1 aliphatic rings. The zero-order valence-corrected chi connectivity index (χ0v) is 18.5. The molecule has 3 aromatic rings. The Morgan fingerprint density at radius 2 is 1.79 bits per heavy atom. The zero-order chi connectivity index (χ0) is 23.0. The normalized spacial score (nSPS) is 12.5. The lowest BCUT2D eigenvalue weighted by atomic mass is 10.1. The summed E-state index contributed by atoms with van der Waals surface area (Å²) in [6.45, 7) is 0.406. The summed E-state index contributed by atoms with van der Waals surface area (Å²) < 4.78 is 16.4. The molecule has 0 aromatic heterocycles. The van der Waals surface area contributed by atoms with Gasteiger partial charge in [-0.25, -0.2) is 0 Å². The Balaban J connectivity index is 1.39. The number of anilines is 2. The molecule has 0 atom stereocenters. The number of para-hydroxylation sites is 2. The average molecular weight is 447 g/mol. The summed E-state index contributed by atoms with van der Waals surface area (Å²) in [6.07, 6.45) is 1.69. The van der Waals surface area contributed by atoms with Crippen LogP contribution in [0, 0.1) is 0 Å². The number of carbonyl (C=O) groups is 2. The lowest BCUT2D eigenvalue weighted by molar-refractivity contribution is -0.121. The number of nitrogens with zero attached hydrogens (tertiary/aromatic N) is 1. The lowest BCUT2D eigenvalue weighted by Crippen LogP contribution is -2.39. The number of carbonyl (C=O) groups excluding carboxylic acids is 2. The molecule has 33 heavy (non-hydrogen) atoms. The Bertz CT molecular complexity index is 1120. The molecule has 1 aliphatic heterocycles. The Hall–Kier alpha value is -4.00. The van der Waals surface area contributed by atoms with Crippen LogP contribution in [0.25, 0.3) is 0 Å². The molecule has 170 valence electrons. The minimum atomic E-state index is -0.320. The summed E-state index contributed by atoms with van der Waals surface area (Å²) in [5.74, 6) is 1.25. The number of methoxy groups -OCH3 is 1. The molecule has 0 spiro atoms. The van der Waals surface area contributed by atoms with E-state index in [1.54, 1.807) is 42.3 Å². The molecular formula is C26H26N2O5. The maximum Gasteiger partial charge on any atom is 0.265 e. The first-order valence-corrected chi connectivity index (χ1v) is 10.8. The minimum Gasteiger partial charge on any atom is -0.493 e. The first kappa shape index (κ1) is 22.2. The number of nitrogens with one attached hydrogen (secondary N) is 1. The SMILES string of the molecule is COc1ccccc1OCC(=O)Nc1ccc2c(c1)N(CCCc1ccccc1)C(=O)CO2. The monoisotopic (exact) mass is 446 g/mol. The zero-order valence-electron chi connectivity index (χ0n) is 18.5. The van der Waals surface area contributed by atoms with Crippen LogP contribution >= 0.6 is 0 Å². The molecule has 4 rings (SSSR count). The maximum absolute atomic E-state index is 12.5. The second-order valence-electron chi connectivity index (χ2n) is 7.59. The van der Waals surface area contributed by atoms with E-state index in [1.807, 2.05) is 30.3 Å². The smallest absolute Gasteiger partial charge is 0.265 e. The summed E-state index contributed by atoms with van der Waals surface area (Å²) in [7, 11) is 1.55. The van der Waals surface area contributed by atoms with E-state index in [0.717, 1.165) is 12.8 Å². The van der Waals surface area contributed by atoms with Gasteiger partial charge < -0.3 is 24.4 Å². The second kappa shape index (κ2) is 10.5. The molecule has 0 unspecified atom stereocenters. The predicted molar refractivity (Wildman–Crippen MR) is 126 cm³/mol. The van der Waals surface area contributed by atoms with Crippen LogP contribution in [0.1, 0.15) is 12.0 Å². The highest BCUT2D eigenvalue weighted by atomic mass is 16.5. The highest BCUT2D eigenvalue weighted by Crippen LogP contribution is 2.35. The Labute approximate surface area is 192 Å². The quantitative estimate of drug-likeness (QED) is 0.536. The van der Waals surface area contributed by atoms with Gasteiger partial charge in [-0.1, -0.05) is 42.5 Å². The molecule has 0 bridgehead atoms. The van der Waals surface area contributed by atoms with Gasteiger partial charge in [-0.05, 0) is 48.7 Å². The van der Waals surface area contributed by atoms with Crippen molar-refractivity contribution in [2.75, 3.05) is 37.1 Å². The summed E-state index contributed by atoms with van der Waals surface area (Å²) in [5.41, 5.74) is 2.45. The summed E-state index contributed by atoms with van der Waals surface area (Å²) >= 11 is 0. The van der Waals surface area contributed by atoms with E-state index in [0.29, 0.717) is 35.2 Å². The van der Waals surface area contributed by atoms with E-state index in [9.17, 15) is 9.59 Å². The van der Waals surface area contributed by atoms with Gasteiger partial charge in [0.15, 0.2) is 24.7 Å². The highest BCUT2D eigenvalue weighted by Gasteiger charge is 2.25. The Morgan fingerprint density at radius 3 is 2.58 bits per heavy atom. The molecule has 2 amide bonds. The van der Waals surface area contributed by atoms with Gasteiger partial charge in [0.25, 0.3) is 11.8 Å². The molecule has 0 saturated carbocycles. The highest BCUT2D eigenvalue weighted by molar-refractivity contribution is 5.99. The Kier molecular flexibility index (Phi) is 7.09. The molecule has 1 N–H and O–H groups in total. The van der Waals surface area contributed by atoms with Crippen molar-refractivity contribution in [1.82, 2.24) is 0 Å². The third kappa shape index (κ3) is 5.63. The van der Waals surface area contributed by atoms with Crippen molar-refractivity contribution in [3.63, 3.8) is 0 Å². The van der Waals surface area contributed by atoms with Crippen LogP contribution in [0.15, 0.2) is 72.8 Å². The van der Waals surface area contributed by atoms with Crippen LogP contribution in [-0.4, -0.2) is 38.7 Å². The van der Waals surface area contributed by atoms with Crippen LogP contribution in [0.4, 0.5) is 11.4 Å². The summed E-state index contributed by atoms with van der Waals surface area (Å²) in [6, 6.07) is 22.6. The molecule has 7 nitrogen and oxygen atoms in total. The third-order valence-electron chi connectivity index (χ3n) is 5.30. The first-order chi connectivity index (χ1) is 16.1. The van der Waals surface area contributed by atoms with Gasteiger partial charge in [-0.2, -0.15) is 0 Å². The fourth-order valence-electron chi connectivity index (χ4n) is 3.69. The predicted octanol–water partition coefficient (Wildman–Crippen LogP) is 4.07. The van der Waals surface area contributed by atoms with Crippen molar-refractivity contribution < 1.29 is 23.8 Å². The summed E-state index contributed by atoms with van der Waals surface area (Å²) in [4.78, 5) is 26.7. The van der Waals surface area contributed by atoms with Crippen LogP contribution in [0.2, 0.25) is 0 Å². The molecule has 0 radical (unpaired) electrons. The molecule has 0 aliphatic carbocycles. The fraction of sp³-hybridized carbons (Fsp3) is 0.231. The van der Waals surface area contributed by atoms with Gasteiger partial charge in [-0.3, -0.25) is 9.59 Å². The number of hydrogen-bond acceptors (Lipinski definition) is 5. The van der Waals surface area contributed by atoms with Gasteiger partial charge in [0.05, 0.1) is 12.8 Å². The molecule has 0 saturated heterocycles. The van der Waals surface area contributed by atoms with Crippen LogP contribution < -0.4 is 24.4 Å². The topological polar surface area (TPSA) is 77.1 Å². The van der Waals surface area contributed by atoms with Crippen LogP contribution in [0.3, 0.4) is 0 Å². The first-order valence-electron chi connectivity index (χ1n) is 10.8. The second-order valence-corrected chi connectivity index (χ2v) is 7.59. The van der Waals surface area contributed by atoms with Crippen molar-refractivity contribution in [2.45, 2.75) is 12.8 Å². The number of ether oxygens (including phenoxy) is 3. The van der Waals surface area contributed by atoms with E-state index in [1.165, 1.54) is 5.56 Å². The lowest BCUT2D eigenvalue weighted by Gasteiger charge is -2.30. The van der Waals surface area contributed by atoms with E-state index < -0.39 is 0 Å². The summed E-state index contributed by atoms with van der Waals surface area (Å²) in [5, 5.41) is 2.82. The molecule has 1 heterocycles. The minimum absolute atomic E-state index is 0.0107. The number of rotatable bonds is 9. The van der Waals surface area contributed by atoms with Gasteiger partial charge in [0, 0.05) is 12.2 Å². The van der Waals surface area contributed by atoms with E-state index in [-0.39, 0.29) is 25.0 Å². The average Bonchev–Trinajstić information content (AvgIpc) is 2.85. The van der Waals surface area contributed by atoms with Gasteiger partial charge >= 0.3 is 0 Å². The van der Waals surface area contributed by atoms with Crippen molar-refractivity contribution in [3.05, 3.63) is 78.4 Å². The molecular weight excluding hydrogens is 420 g/mol. The number of benzene rings is 3. The van der Waals surface area contributed by atoms with E-state index in [4.69, 9.17) is 14.2 Å². The van der Waals surface area contributed by atoms with Crippen molar-refractivity contribution in [3.8, 4) is 17.2 Å². The number of fused-ring (bicyclic) bond motifs is 1. The number of hydrogen-bond donors (Lipinski definition) is 1. The van der Waals surface area contributed by atoms with E-state index >= 15 is 0 Å². The molecule has 0 fully saturated rings. The Morgan fingerprint density at radius 1 is 1.03 bits per heavy atom. The maximum atomic E-state index is 12.5. The van der Waals surface area contributed by atoms with Gasteiger partial charge in [0.1, 0.15) is 5.75 Å². The third-order valence-corrected chi connectivity index (χ3v) is 5.30. The molecule has 3 aromatic carbocycles. The largest absolute Gasteiger partial charge is 0.493 e. The number of aryl methyl sites for hydroxylation is 1. The van der Waals surface area contributed by atoms with Crippen LogP contribution in [0.5, 0.6) is 17.2 Å². The van der Waals surface area contributed by atoms with E-state index in [2.05, 4.69) is 17.4 Å². The fourth-order valence-corrected chi connectivity index (χ4v) is 3.69. The van der Waals surface area contributed by atoms with Crippen molar-refractivity contribution in [1.29, 1.82) is 0 Å². The van der Waals surface area contributed by atoms with Crippen molar-refractivity contribution in [2.24, 2.45) is 0 Å². The van der Waals surface area contributed by atoms with Gasteiger partial charge in [-0.15, -0.1) is 0 Å². The molecule has 7 heteroatoms. The van der Waals surface area contributed by atoms with Gasteiger partial charge in [0.2, 0.25) is 0 Å². The number of amides is 2. The van der Waals surface area contributed by atoms with Crippen molar-refractivity contribution >= 4 is 23.2 Å².